The van der Waals surface area contributed by atoms with Crippen LogP contribution in [0.25, 0.3) is 10.9 Å². The summed E-state index contributed by atoms with van der Waals surface area (Å²) in [6.45, 7) is 3.94. The van der Waals surface area contributed by atoms with E-state index >= 15 is 0 Å². The van der Waals surface area contributed by atoms with Gasteiger partial charge in [0.2, 0.25) is 0 Å². The molecule has 0 radical (unpaired) electrons. The highest BCUT2D eigenvalue weighted by Crippen LogP contribution is 2.19. The third-order valence-corrected chi connectivity index (χ3v) is 4.96. The van der Waals surface area contributed by atoms with Crippen LogP contribution in [-0.4, -0.2) is 40.1 Å². The lowest BCUT2D eigenvalue weighted by atomic mass is 10.1. The van der Waals surface area contributed by atoms with E-state index in [2.05, 4.69) is 20.8 Å². The van der Waals surface area contributed by atoms with Crippen molar-refractivity contribution in [3.8, 4) is 0 Å². The molecule has 0 atom stereocenters. The first-order valence-electron chi connectivity index (χ1n) is 9.47. The van der Waals surface area contributed by atoms with Crippen molar-refractivity contribution in [1.29, 1.82) is 0 Å². The molecular formula is C21H23N5O2. The van der Waals surface area contributed by atoms with Crippen molar-refractivity contribution in [1.82, 2.24) is 20.4 Å². The van der Waals surface area contributed by atoms with Crippen molar-refractivity contribution in [3.63, 3.8) is 0 Å². The molecule has 28 heavy (non-hydrogen) atoms. The highest BCUT2D eigenvalue weighted by molar-refractivity contribution is 6.05. The minimum absolute atomic E-state index is 0.0694. The highest BCUT2D eigenvalue weighted by Gasteiger charge is 2.18. The summed E-state index contributed by atoms with van der Waals surface area (Å²) in [7, 11) is 0. The maximum atomic E-state index is 12.7. The van der Waals surface area contributed by atoms with Crippen LogP contribution in [-0.2, 0) is 6.54 Å². The third kappa shape index (κ3) is 3.83. The van der Waals surface area contributed by atoms with Gasteiger partial charge in [0.15, 0.2) is 0 Å². The Morgan fingerprint density at radius 3 is 2.82 bits per heavy atom. The number of benzene rings is 2. The molecule has 7 heteroatoms. The standard InChI is InChI=1S/C21H23N5O2/c1-14-9-16-13-23-25-19(16)18(10-14)20(27)22-12-15-5-4-6-17(11-15)24-21(28)26-7-2-3-8-26/h4-6,9-11,13H,2-3,7-8,12H2,1H3,(H,22,27)(H,23,25)(H,24,28). The number of rotatable bonds is 4. The molecule has 144 valence electrons. The quantitative estimate of drug-likeness (QED) is 0.651. The maximum Gasteiger partial charge on any atom is 0.321 e. The molecule has 4 rings (SSSR count). The van der Waals surface area contributed by atoms with Gasteiger partial charge in [-0.2, -0.15) is 5.10 Å². The first-order valence-corrected chi connectivity index (χ1v) is 9.47. The van der Waals surface area contributed by atoms with Gasteiger partial charge in [0.05, 0.1) is 17.3 Å². The summed E-state index contributed by atoms with van der Waals surface area (Å²) < 4.78 is 0. The van der Waals surface area contributed by atoms with Crippen molar-refractivity contribution in [3.05, 3.63) is 59.3 Å². The molecule has 1 aliphatic rings. The average molecular weight is 377 g/mol. The van der Waals surface area contributed by atoms with Gasteiger partial charge in [-0.25, -0.2) is 4.79 Å². The largest absolute Gasteiger partial charge is 0.348 e. The fourth-order valence-electron chi connectivity index (χ4n) is 3.55. The van der Waals surface area contributed by atoms with Crippen LogP contribution in [0.15, 0.2) is 42.6 Å². The first-order chi connectivity index (χ1) is 13.6. The zero-order chi connectivity index (χ0) is 19.5. The fourth-order valence-corrected chi connectivity index (χ4v) is 3.55. The number of aryl methyl sites for hydroxylation is 1. The molecule has 1 fully saturated rings. The first kappa shape index (κ1) is 18.0. The monoisotopic (exact) mass is 377 g/mol. The number of urea groups is 1. The van der Waals surface area contributed by atoms with Gasteiger partial charge < -0.3 is 15.5 Å². The summed E-state index contributed by atoms with van der Waals surface area (Å²) >= 11 is 0. The second-order valence-corrected chi connectivity index (χ2v) is 7.15. The van der Waals surface area contributed by atoms with E-state index in [1.165, 1.54) is 0 Å². The number of fused-ring (bicyclic) bond motifs is 1. The second kappa shape index (κ2) is 7.72. The number of aromatic amines is 1. The minimum atomic E-state index is -0.163. The highest BCUT2D eigenvalue weighted by atomic mass is 16.2. The van der Waals surface area contributed by atoms with Gasteiger partial charge in [-0.1, -0.05) is 12.1 Å². The Morgan fingerprint density at radius 1 is 1.18 bits per heavy atom. The van der Waals surface area contributed by atoms with Crippen molar-refractivity contribution in [2.75, 3.05) is 18.4 Å². The van der Waals surface area contributed by atoms with Crippen LogP contribution in [0.3, 0.4) is 0 Å². The maximum absolute atomic E-state index is 12.7. The molecule has 3 amide bonds. The van der Waals surface area contributed by atoms with E-state index in [-0.39, 0.29) is 11.9 Å². The van der Waals surface area contributed by atoms with Gasteiger partial charge in [-0.15, -0.1) is 0 Å². The Labute approximate surface area is 163 Å². The van der Waals surface area contributed by atoms with Crippen molar-refractivity contribution < 1.29 is 9.59 Å². The predicted octanol–water partition coefficient (Wildman–Crippen LogP) is 3.43. The number of likely N-dealkylation sites (tertiary alicyclic amines) is 1. The molecule has 0 aliphatic carbocycles. The molecule has 0 bridgehead atoms. The molecule has 3 aromatic rings. The Bertz CT molecular complexity index is 1020. The lowest BCUT2D eigenvalue weighted by Crippen LogP contribution is -2.32. The molecule has 0 spiro atoms. The molecular weight excluding hydrogens is 354 g/mol. The normalized spacial score (nSPS) is 13.7. The summed E-state index contributed by atoms with van der Waals surface area (Å²) in [5.41, 5.74) is 3.96. The summed E-state index contributed by atoms with van der Waals surface area (Å²) in [6.07, 6.45) is 3.83. The van der Waals surface area contributed by atoms with E-state index in [1.54, 1.807) is 6.20 Å². The van der Waals surface area contributed by atoms with Crippen LogP contribution in [0, 0.1) is 6.92 Å². The number of nitrogens with one attached hydrogen (secondary N) is 3. The van der Waals surface area contributed by atoms with Gasteiger partial charge in [-0.05, 0) is 55.2 Å². The smallest absolute Gasteiger partial charge is 0.321 e. The molecule has 7 nitrogen and oxygen atoms in total. The minimum Gasteiger partial charge on any atom is -0.348 e. The lowest BCUT2D eigenvalue weighted by Gasteiger charge is -2.16. The molecule has 2 aromatic carbocycles. The Hall–Kier alpha value is -3.35. The topological polar surface area (TPSA) is 90.1 Å². The van der Waals surface area contributed by atoms with E-state index in [4.69, 9.17) is 0 Å². The van der Waals surface area contributed by atoms with Gasteiger partial charge in [-0.3, -0.25) is 9.89 Å². The summed E-state index contributed by atoms with van der Waals surface area (Å²) in [6, 6.07) is 11.3. The molecule has 1 aromatic heterocycles. The van der Waals surface area contributed by atoms with E-state index in [9.17, 15) is 9.59 Å². The third-order valence-electron chi connectivity index (χ3n) is 4.96. The Kier molecular flexibility index (Phi) is 4.97. The van der Waals surface area contributed by atoms with Crippen LogP contribution >= 0.6 is 0 Å². The van der Waals surface area contributed by atoms with Crippen molar-refractivity contribution >= 4 is 28.5 Å². The fraction of sp³-hybridized carbons (Fsp3) is 0.286. The summed E-state index contributed by atoms with van der Waals surface area (Å²) in [4.78, 5) is 26.7. The van der Waals surface area contributed by atoms with E-state index in [0.29, 0.717) is 12.1 Å². The average Bonchev–Trinajstić information content (AvgIpc) is 3.37. The number of hydrogen-bond donors (Lipinski definition) is 3. The number of anilines is 1. The van der Waals surface area contributed by atoms with E-state index in [0.717, 1.165) is 53.6 Å². The number of hydrogen-bond acceptors (Lipinski definition) is 3. The van der Waals surface area contributed by atoms with Gasteiger partial charge in [0, 0.05) is 30.7 Å². The molecule has 1 saturated heterocycles. The SMILES string of the molecule is Cc1cc(C(=O)NCc2cccc(NC(=O)N3CCCC3)c2)c2[nH]ncc2c1. The number of H-pyrrole nitrogens is 1. The molecule has 2 heterocycles. The number of carbonyl (C=O) groups excluding carboxylic acids is 2. The zero-order valence-electron chi connectivity index (χ0n) is 15.8. The van der Waals surface area contributed by atoms with Crippen molar-refractivity contribution in [2.45, 2.75) is 26.3 Å². The van der Waals surface area contributed by atoms with Crippen LogP contribution in [0.5, 0.6) is 0 Å². The van der Waals surface area contributed by atoms with Gasteiger partial charge in [0.25, 0.3) is 5.91 Å². The molecule has 0 saturated carbocycles. The number of aromatic nitrogens is 2. The van der Waals surface area contributed by atoms with E-state index < -0.39 is 0 Å². The van der Waals surface area contributed by atoms with Gasteiger partial charge >= 0.3 is 6.03 Å². The van der Waals surface area contributed by atoms with Gasteiger partial charge in [0.1, 0.15) is 0 Å². The number of nitrogens with zero attached hydrogens (tertiary/aromatic N) is 2. The van der Waals surface area contributed by atoms with Crippen LogP contribution in [0.1, 0.15) is 34.3 Å². The Morgan fingerprint density at radius 2 is 2.00 bits per heavy atom. The van der Waals surface area contributed by atoms with Crippen LogP contribution in [0.4, 0.5) is 10.5 Å². The molecule has 1 aliphatic heterocycles. The molecule has 0 unspecified atom stereocenters. The Balaban J connectivity index is 1.42. The second-order valence-electron chi connectivity index (χ2n) is 7.15. The summed E-state index contributed by atoms with van der Waals surface area (Å²) in [5, 5.41) is 13.7. The number of amides is 3. The van der Waals surface area contributed by atoms with Crippen LogP contribution in [0.2, 0.25) is 0 Å². The zero-order valence-corrected chi connectivity index (χ0v) is 15.8. The molecule has 3 N–H and O–H groups in total. The van der Waals surface area contributed by atoms with Crippen molar-refractivity contribution in [2.24, 2.45) is 0 Å². The predicted molar refractivity (Wildman–Crippen MR) is 108 cm³/mol. The summed E-state index contributed by atoms with van der Waals surface area (Å²) in [5.74, 6) is -0.163. The number of carbonyl (C=O) groups is 2. The lowest BCUT2D eigenvalue weighted by molar-refractivity contribution is 0.0952. The van der Waals surface area contributed by atoms with E-state index in [1.807, 2.05) is 48.2 Å². The van der Waals surface area contributed by atoms with Crippen LogP contribution < -0.4 is 10.6 Å².